The molecule has 2 fully saturated rings. The molecular weight excluding hydrogens is 708 g/mol. The second-order valence-corrected chi connectivity index (χ2v) is 14.2. The van der Waals surface area contributed by atoms with Crippen LogP contribution in [0, 0.1) is 6.92 Å². The maximum Gasteiger partial charge on any atom is 0.332 e. The van der Waals surface area contributed by atoms with Gasteiger partial charge in [-0.15, -0.1) is 0 Å². The van der Waals surface area contributed by atoms with Gasteiger partial charge in [-0.2, -0.15) is 0 Å². The van der Waals surface area contributed by atoms with Crippen molar-refractivity contribution in [3.63, 3.8) is 0 Å². The number of aryl methyl sites for hydroxylation is 2. The molecule has 13 nitrogen and oxygen atoms in total. The molecule has 8 rings (SSSR count). The zero-order chi connectivity index (χ0) is 37.3. The number of hydrogen-bond donors (Lipinski definition) is 3. The summed E-state index contributed by atoms with van der Waals surface area (Å²) in [5.41, 5.74) is 4.34. The van der Waals surface area contributed by atoms with Crippen LogP contribution in [0.1, 0.15) is 47.8 Å². The van der Waals surface area contributed by atoms with Crippen molar-refractivity contribution in [2.24, 2.45) is 14.1 Å². The topological polar surface area (TPSA) is 148 Å². The summed E-state index contributed by atoms with van der Waals surface area (Å²) in [4.78, 5) is 53.0. The van der Waals surface area contributed by atoms with Crippen LogP contribution < -0.4 is 31.9 Å². The molecule has 0 bridgehead atoms. The van der Waals surface area contributed by atoms with Crippen molar-refractivity contribution in [3.05, 3.63) is 90.8 Å². The molecule has 5 aromatic rings. The lowest BCUT2D eigenvalue weighted by Gasteiger charge is -2.28. The molecule has 0 radical (unpaired) electrons. The highest BCUT2D eigenvalue weighted by atomic mass is 35.5. The summed E-state index contributed by atoms with van der Waals surface area (Å²) in [6, 6.07) is 13.2. The van der Waals surface area contributed by atoms with Crippen LogP contribution in [0.4, 0.5) is 25.1 Å². The minimum atomic E-state index is -3.04. The normalized spacial score (nSPS) is 19.6. The molecule has 3 aliphatic rings. The van der Waals surface area contributed by atoms with Crippen LogP contribution in [-0.4, -0.2) is 67.3 Å². The molecule has 1 spiro atoms. The van der Waals surface area contributed by atoms with Crippen LogP contribution in [0.2, 0.25) is 5.02 Å². The third-order valence-electron chi connectivity index (χ3n) is 10.8. The number of pyridine rings is 1. The number of alkyl halides is 2. The average molecular weight is 744 g/mol. The van der Waals surface area contributed by atoms with Crippen molar-refractivity contribution in [2.45, 2.75) is 44.2 Å². The van der Waals surface area contributed by atoms with Crippen LogP contribution in [0.15, 0.2) is 52.1 Å². The van der Waals surface area contributed by atoms with Gasteiger partial charge in [0.05, 0.1) is 23.4 Å². The average Bonchev–Trinajstić information content (AvgIpc) is 3.87. The number of fused-ring (bicyclic) bond motifs is 2. The highest BCUT2D eigenvalue weighted by Gasteiger charge is 2.47. The van der Waals surface area contributed by atoms with Crippen LogP contribution in [0.5, 0.6) is 5.88 Å². The zero-order valence-corrected chi connectivity index (χ0v) is 30.1. The summed E-state index contributed by atoms with van der Waals surface area (Å²) in [6.07, 6.45) is -0.428. The SMILES string of the molecule is COc1nc(-c2cccc(-c3cccc(Nc4nc(C(F)F)nc5c4c(=O)n(C)c(=O)n5C)c3C)c2Cl)cc2c1C(N1CCC3(CNC(=O)N3)C1)CC2. The number of hydrogen-bond acceptors (Lipinski definition) is 9. The summed E-state index contributed by atoms with van der Waals surface area (Å²) in [5, 5.41) is 9.45. The molecule has 16 heteroatoms. The number of aromatic nitrogens is 5. The molecule has 2 amide bonds. The van der Waals surface area contributed by atoms with Crippen LogP contribution in [-0.2, 0) is 20.5 Å². The first-order valence-corrected chi connectivity index (χ1v) is 17.6. The number of benzene rings is 2. The monoisotopic (exact) mass is 743 g/mol. The lowest BCUT2D eigenvalue weighted by molar-refractivity contribution is 0.141. The van der Waals surface area contributed by atoms with Crippen molar-refractivity contribution in [2.75, 3.05) is 32.1 Å². The lowest BCUT2D eigenvalue weighted by Crippen LogP contribution is -2.46. The Morgan fingerprint density at radius 2 is 1.79 bits per heavy atom. The van der Waals surface area contributed by atoms with E-state index in [0.29, 0.717) is 45.5 Å². The molecule has 2 aromatic carbocycles. The Morgan fingerprint density at radius 3 is 2.53 bits per heavy atom. The van der Waals surface area contributed by atoms with Crippen LogP contribution in [0.3, 0.4) is 0 Å². The summed E-state index contributed by atoms with van der Waals surface area (Å²) >= 11 is 7.20. The molecule has 2 saturated heterocycles. The van der Waals surface area contributed by atoms with E-state index in [4.69, 9.17) is 21.3 Å². The number of nitrogens with one attached hydrogen (secondary N) is 3. The van der Waals surface area contributed by atoms with Crippen molar-refractivity contribution >= 4 is 40.2 Å². The lowest BCUT2D eigenvalue weighted by atomic mass is 9.96. The Bertz CT molecular complexity index is 2470. The first kappa shape index (κ1) is 34.7. The Kier molecular flexibility index (Phi) is 8.45. The van der Waals surface area contributed by atoms with Gasteiger partial charge >= 0.3 is 11.7 Å². The largest absolute Gasteiger partial charge is 0.481 e. The first-order valence-electron chi connectivity index (χ1n) is 17.2. The fraction of sp³-hybridized carbons (Fsp3) is 0.351. The number of methoxy groups -OCH3 is 1. The van der Waals surface area contributed by atoms with E-state index in [-0.39, 0.29) is 34.5 Å². The van der Waals surface area contributed by atoms with Gasteiger partial charge in [-0.05, 0) is 55.0 Å². The molecule has 1 aliphatic carbocycles. The maximum atomic E-state index is 13.9. The molecule has 53 heavy (non-hydrogen) atoms. The first-order chi connectivity index (χ1) is 25.4. The van der Waals surface area contributed by atoms with Crippen LogP contribution >= 0.6 is 11.6 Å². The highest BCUT2D eigenvalue weighted by Crippen LogP contribution is 2.46. The number of anilines is 2. The predicted molar refractivity (Wildman–Crippen MR) is 196 cm³/mol. The van der Waals surface area contributed by atoms with E-state index in [9.17, 15) is 23.2 Å². The standard InChI is InChI=1S/C37H36ClF2N9O4/c1-18-20(7-6-10-23(18)42-30-27-32(45-31(44-30)29(39)40)47(2)36(52)48(3)34(27)50)21-8-5-9-22(28(21)38)24-15-19-11-12-25(26(19)33(43-24)53-4)49-14-13-37(17-49)16-41-35(51)46-37/h5-10,15,25,29H,11-14,16-17H2,1-4H3,(H2,41,46,51)(H,42,44,45). The number of likely N-dealkylation sites (tertiary alicyclic amines) is 1. The quantitative estimate of drug-likeness (QED) is 0.206. The Labute approximate surface area is 307 Å². The third-order valence-corrected chi connectivity index (χ3v) is 11.2. The molecule has 3 aromatic heterocycles. The van der Waals surface area contributed by atoms with Crippen molar-refractivity contribution < 1.29 is 18.3 Å². The number of nitrogens with zero attached hydrogens (tertiary/aromatic N) is 6. The van der Waals surface area contributed by atoms with E-state index >= 15 is 0 Å². The Balaban J connectivity index is 1.15. The Hall–Kier alpha value is -5.41. The van der Waals surface area contributed by atoms with Gasteiger partial charge < -0.3 is 20.7 Å². The molecule has 3 N–H and O–H groups in total. The fourth-order valence-electron chi connectivity index (χ4n) is 8.03. The second kappa shape index (κ2) is 12.9. The molecule has 274 valence electrons. The van der Waals surface area contributed by atoms with Gasteiger partial charge in [0, 0.05) is 62.1 Å². The highest BCUT2D eigenvalue weighted by molar-refractivity contribution is 6.36. The minimum absolute atomic E-state index is 0.103. The number of rotatable bonds is 7. The number of amides is 2. The molecular formula is C37H36ClF2N9O4. The van der Waals surface area contributed by atoms with Gasteiger partial charge in [0.2, 0.25) is 5.88 Å². The molecule has 5 heterocycles. The van der Waals surface area contributed by atoms with E-state index in [1.807, 2.05) is 31.2 Å². The van der Waals surface area contributed by atoms with Crippen molar-refractivity contribution in [1.82, 2.24) is 39.6 Å². The van der Waals surface area contributed by atoms with Gasteiger partial charge in [-0.3, -0.25) is 18.8 Å². The van der Waals surface area contributed by atoms with E-state index < -0.39 is 23.5 Å². The molecule has 2 atom stereocenters. The summed E-state index contributed by atoms with van der Waals surface area (Å²) in [6.45, 7) is 4.06. The van der Waals surface area contributed by atoms with Gasteiger partial charge in [0.25, 0.3) is 12.0 Å². The maximum absolute atomic E-state index is 13.9. The number of urea groups is 1. The zero-order valence-electron chi connectivity index (χ0n) is 29.4. The number of carbonyl (C=O) groups is 1. The van der Waals surface area contributed by atoms with Crippen LogP contribution in [0.25, 0.3) is 33.4 Å². The van der Waals surface area contributed by atoms with Gasteiger partial charge in [-0.25, -0.2) is 33.3 Å². The van der Waals surface area contributed by atoms with E-state index in [2.05, 4.69) is 36.9 Å². The van der Waals surface area contributed by atoms with E-state index in [1.54, 1.807) is 19.2 Å². The van der Waals surface area contributed by atoms with Gasteiger partial charge in [-0.1, -0.05) is 41.9 Å². The van der Waals surface area contributed by atoms with E-state index in [1.165, 1.54) is 14.1 Å². The third kappa shape index (κ3) is 5.69. The van der Waals surface area contributed by atoms with Crippen molar-refractivity contribution in [1.29, 1.82) is 0 Å². The van der Waals surface area contributed by atoms with Gasteiger partial charge in [0.1, 0.15) is 11.2 Å². The number of ether oxygens (including phenoxy) is 1. The minimum Gasteiger partial charge on any atom is -0.481 e. The molecule has 0 saturated carbocycles. The predicted octanol–water partition coefficient (Wildman–Crippen LogP) is 5.15. The molecule has 2 aliphatic heterocycles. The fourth-order valence-corrected chi connectivity index (χ4v) is 8.35. The second-order valence-electron chi connectivity index (χ2n) is 13.9. The number of carbonyl (C=O) groups excluding carboxylic acids is 1. The Morgan fingerprint density at radius 1 is 1.04 bits per heavy atom. The molecule has 2 unspecified atom stereocenters. The van der Waals surface area contributed by atoms with Gasteiger partial charge in [0.15, 0.2) is 11.5 Å². The van der Waals surface area contributed by atoms with E-state index in [0.717, 1.165) is 58.2 Å². The summed E-state index contributed by atoms with van der Waals surface area (Å²) < 4.78 is 35.7. The summed E-state index contributed by atoms with van der Waals surface area (Å²) in [7, 11) is 4.28. The smallest absolute Gasteiger partial charge is 0.332 e. The number of halogens is 3. The summed E-state index contributed by atoms with van der Waals surface area (Å²) in [5.74, 6) is -0.425. The van der Waals surface area contributed by atoms with Crippen molar-refractivity contribution in [3.8, 4) is 28.3 Å².